The lowest BCUT2D eigenvalue weighted by atomic mass is 10.2. The first-order chi connectivity index (χ1) is 8.79. The molecule has 0 aliphatic heterocycles. The molecule has 2 aromatic rings. The molecule has 3 N–H and O–H groups in total. The second kappa shape index (κ2) is 6.75. The van der Waals surface area contributed by atoms with E-state index < -0.39 is 0 Å². The topological polar surface area (TPSA) is 47.3 Å². The number of hydrazine groups is 1. The van der Waals surface area contributed by atoms with Crippen LogP contribution in [0.3, 0.4) is 0 Å². The third-order valence-corrected chi connectivity index (χ3v) is 3.90. The van der Waals surface area contributed by atoms with Crippen LogP contribution < -0.4 is 16.0 Å². The van der Waals surface area contributed by atoms with Gasteiger partial charge in [-0.25, -0.2) is 0 Å². The SMILES string of the molecule is NNC(CCOc1ccccc1)c1ccc(Cl)s1. The van der Waals surface area contributed by atoms with E-state index in [-0.39, 0.29) is 6.04 Å². The molecule has 5 heteroatoms. The number of nitrogens with one attached hydrogen (secondary N) is 1. The maximum atomic E-state index is 5.91. The summed E-state index contributed by atoms with van der Waals surface area (Å²) in [4.78, 5) is 1.12. The standard InChI is InChI=1S/C13H15ClN2OS/c14-13-7-6-12(18-13)11(16-15)8-9-17-10-4-2-1-3-5-10/h1-7,11,16H,8-9,15H2. The largest absolute Gasteiger partial charge is 0.494 e. The van der Waals surface area contributed by atoms with Crippen LogP contribution in [-0.4, -0.2) is 6.61 Å². The van der Waals surface area contributed by atoms with Crippen LogP contribution in [0, 0.1) is 0 Å². The van der Waals surface area contributed by atoms with E-state index in [2.05, 4.69) is 5.43 Å². The van der Waals surface area contributed by atoms with Gasteiger partial charge in [0.05, 0.1) is 17.0 Å². The van der Waals surface area contributed by atoms with Crippen molar-refractivity contribution in [3.8, 4) is 5.75 Å². The average molecular weight is 283 g/mol. The lowest BCUT2D eigenvalue weighted by molar-refractivity contribution is 0.288. The lowest BCUT2D eigenvalue weighted by Gasteiger charge is -2.14. The molecular formula is C13H15ClN2OS. The van der Waals surface area contributed by atoms with Crippen LogP contribution in [0.1, 0.15) is 17.3 Å². The molecule has 0 aliphatic carbocycles. The van der Waals surface area contributed by atoms with E-state index in [1.54, 1.807) is 0 Å². The molecule has 0 amide bonds. The van der Waals surface area contributed by atoms with Crippen LogP contribution in [0.25, 0.3) is 0 Å². The Kier molecular flexibility index (Phi) is 5.01. The Hall–Kier alpha value is -1.07. The molecule has 0 aliphatic rings. The molecule has 0 radical (unpaired) electrons. The average Bonchev–Trinajstić information content (AvgIpc) is 2.82. The fraction of sp³-hybridized carbons (Fsp3) is 0.231. The molecule has 1 unspecified atom stereocenters. The zero-order valence-corrected chi connectivity index (χ0v) is 11.4. The van der Waals surface area contributed by atoms with E-state index in [0.29, 0.717) is 6.61 Å². The van der Waals surface area contributed by atoms with Crippen molar-refractivity contribution in [2.24, 2.45) is 5.84 Å². The number of hydrogen-bond acceptors (Lipinski definition) is 4. The van der Waals surface area contributed by atoms with E-state index in [0.717, 1.165) is 21.4 Å². The highest BCUT2D eigenvalue weighted by atomic mass is 35.5. The molecule has 1 aromatic heterocycles. The molecule has 0 saturated carbocycles. The maximum absolute atomic E-state index is 5.91. The Bertz CT molecular complexity index is 475. The first-order valence-electron chi connectivity index (χ1n) is 5.69. The lowest BCUT2D eigenvalue weighted by Crippen LogP contribution is -2.28. The van der Waals surface area contributed by atoms with Crippen molar-refractivity contribution >= 4 is 22.9 Å². The van der Waals surface area contributed by atoms with Crippen LogP contribution in [0.4, 0.5) is 0 Å². The number of rotatable bonds is 6. The van der Waals surface area contributed by atoms with Crippen molar-refractivity contribution in [1.82, 2.24) is 5.43 Å². The van der Waals surface area contributed by atoms with Crippen molar-refractivity contribution in [2.75, 3.05) is 6.61 Å². The fourth-order valence-electron chi connectivity index (χ4n) is 1.63. The van der Waals surface area contributed by atoms with Crippen molar-refractivity contribution < 1.29 is 4.74 Å². The third-order valence-electron chi connectivity index (χ3n) is 2.56. The van der Waals surface area contributed by atoms with Gasteiger partial charge in [0, 0.05) is 11.3 Å². The number of nitrogens with two attached hydrogens (primary N) is 1. The number of hydrogen-bond donors (Lipinski definition) is 2. The summed E-state index contributed by atoms with van der Waals surface area (Å²) in [5, 5.41) is 0. The molecule has 18 heavy (non-hydrogen) atoms. The van der Waals surface area contributed by atoms with E-state index in [1.165, 1.54) is 11.3 Å². The van der Waals surface area contributed by atoms with Gasteiger partial charge in [0.15, 0.2) is 0 Å². The number of para-hydroxylation sites is 1. The highest BCUT2D eigenvalue weighted by molar-refractivity contribution is 7.16. The Morgan fingerprint density at radius 2 is 2.00 bits per heavy atom. The first kappa shape index (κ1) is 13.4. The van der Waals surface area contributed by atoms with Crippen LogP contribution in [0.5, 0.6) is 5.75 Å². The van der Waals surface area contributed by atoms with Gasteiger partial charge in [0.1, 0.15) is 5.75 Å². The Balaban J connectivity index is 1.85. The summed E-state index contributed by atoms with van der Waals surface area (Å²) in [5.41, 5.74) is 2.79. The van der Waals surface area contributed by atoms with E-state index in [1.807, 2.05) is 42.5 Å². The summed E-state index contributed by atoms with van der Waals surface area (Å²) >= 11 is 7.44. The van der Waals surface area contributed by atoms with Gasteiger partial charge in [-0.05, 0) is 24.3 Å². The molecule has 1 aromatic carbocycles. The summed E-state index contributed by atoms with van der Waals surface area (Å²) in [7, 11) is 0. The normalized spacial score (nSPS) is 12.3. The predicted molar refractivity (Wildman–Crippen MR) is 75.9 cm³/mol. The second-order valence-corrected chi connectivity index (χ2v) is 5.56. The molecule has 0 bridgehead atoms. The van der Waals surface area contributed by atoms with Gasteiger partial charge in [-0.15, -0.1) is 11.3 Å². The van der Waals surface area contributed by atoms with E-state index >= 15 is 0 Å². The van der Waals surface area contributed by atoms with Gasteiger partial charge < -0.3 is 4.74 Å². The van der Waals surface area contributed by atoms with Crippen molar-refractivity contribution in [3.63, 3.8) is 0 Å². The number of thiophene rings is 1. The Morgan fingerprint density at radius 1 is 1.22 bits per heavy atom. The minimum absolute atomic E-state index is 0.0752. The van der Waals surface area contributed by atoms with Gasteiger partial charge in [0.25, 0.3) is 0 Å². The molecule has 96 valence electrons. The minimum Gasteiger partial charge on any atom is -0.494 e. The summed E-state index contributed by atoms with van der Waals surface area (Å²) in [6.07, 6.45) is 0.794. The molecule has 2 rings (SSSR count). The number of benzene rings is 1. The highest BCUT2D eigenvalue weighted by Crippen LogP contribution is 2.28. The molecular weight excluding hydrogens is 268 g/mol. The molecule has 1 heterocycles. The number of halogens is 1. The first-order valence-corrected chi connectivity index (χ1v) is 6.88. The minimum atomic E-state index is 0.0752. The molecule has 0 saturated heterocycles. The highest BCUT2D eigenvalue weighted by Gasteiger charge is 2.12. The summed E-state index contributed by atoms with van der Waals surface area (Å²) in [6, 6.07) is 13.7. The van der Waals surface area contributed by atoms with Crippen LogP contribution in [0.15, 0.2) is 42.5 Å². The Labute approximate surface area is 116 Å². The molecule has 0 fully saturated rings. The third kappa shape index (κ3) is 3.71. The van der Waals surface area contributed by atoms with Crippen LogP contribution in [-0.2, 0) is 0 Å². The van der Waals surface area contributed by atoms with Gasteiger partial charge in [-0.1, -0.05) is 29.8 Å². The van der Waals surface area contributed by atoms with Gasteiger partial charge >= 0.3 is 0 Å². The van der Waals surface area contributed by atoms with Crippen LogP contribution >= 0.6 is 22.9 Å². The second-order valence-electron chi connectivity index (χ2n) is 3.81. The molecule has 1 atom stereocenters. The zero-order valence-electron chi connectivity index (χ0n) is 9.80. The number of ether oxygens (including phenoxy) is 1. The van der Waals surface area contributed by atoms with Crippen molar-refractivity contribution in [1.29, 1.82) is 0 Å². The Morgan fingerprint density at radius 3 is 2.61 bits per heavy atom. The van der Waals surface area contributed by atoms with Crippen molar-refractivity contribution in [3.05, 3.63) is 51.7 Å². The van der Waals surface area contributed by atoms with Gasteiger partial charge in [-0.3, -0.25) is 11.3 Å². The molecule has 3 nitrogen and oxygen atoms in total. The smallest absolute Gasteiger partial charge is 0.119 e. The fourth-order valence-corrected chi connectivity index (χ4v) is 2.79. The summed E-state index contributed by atoms with van der Waals surface area (Å²) in [5.74, 6) is 6.42. The maximum Gasteiger partial charge on any atom is 0.119 e. The van der Waals surface area contributed by atoms with Crippen molar-refractivity contribution in [2.45, 2.75) is 12.5 Å². The van der Waals surface area contributed by atoms with Gasteiger partial charge in [0.2, 0.25) is 0 Å². The van der Waals surface area contributed by atoms with E-state index in [9.17, 15) is 0 Å². The summed E-state index contributed by atoms with van der Waals surface area (Å²) in [6.45, 7) is 0.606. The van der Waals surface area contributed by atoms with Gasteiger partial charge in [-0.2, -0.15) is 0 Å². The quantitative estimate of drug-likeness (QED) is 0.631. The zero-order chi connectivity index (χ0) is 12.8. The molecule has 0 spiro atoms. The van der Waals surface area contributed by atoms with Crippen LogP contribution in [0.2, 0.25) is 4.34 Å². The predicted octanol–water partition coefficient (Wildman–Crippen LogP) is 3.38. The monoisotopic (exact) mass is 282 g/mol. The summed E-state index contributed by atoms with van der Waals surface area (Å²) < 4.78 is 6.42. The van der Waals surface area contributed by atoms with E-state index in [4.69, 9.17) is 22.2 Å².